The van der Waals surface area contributed by atoms with Gasteiger partial charge in [-0.1, -0.05) is 29.8 Å². The number of carboxylic acid groups (broad SMARTS) is 1. The van der Waals surface area contributed by atoms with Gasteiger partial charge in [0.1, 0.15) is 17.1 Å². The second-order valence-corrected chi connectivity index (χ2v) is 11.6. The molecule has 4 N–H and O–H groups in total. The van der Waals surface area contributed by atoms with Crippen LogP contribution in [0.4, 0.5) is 5.69 Å². The van der Waals surface area contributed by atoms with Crippen LogP contribution >= 0.6 is 11.6 Å². The molecule has 2 aliphatic rings. The minimum absolute atomic E-state index is 0.135. The van der Waals surface area contributed by atoms with E-state index < -0.39 is 5.97 Å². The Morgan fingerprint density at radius 1 is 1.00 bits per heavy atom. The molecular weight excluding hydrogens is 564 g/mol. The fraction of sp³-hybridized carbons (Fsp3) is 0.324. The Hall–Kier alpha value is -3.82. The minimum atomic E-state index is -1.02. The van der Waals surface area contributed by atoms with Crippen LogP contribution < -0.4 is 15.0 Å². The maximum atomic E-state index is 12.0. The molecule has 1 atom stereocenters. The molecule has 9 heteroatoms. The van der Waals surface area contributed by atoms with Gasteiger partial charge >= 0.3 is 5.97 Å². The first kappa shape index (κ1) is 29.3. The number of aromatic nitrogens is 1. The fourth-order valence-corrected chi connectivity index (χ4v) is 6.39. The lowest BCUT2D eigenvalue weighted by molar-refractivity contribution is 0.0694. The number of hydrogen-bond acceptors (Lipinski definition) is 6. The van der Waals surface area contributed by atoms with E-state index in [4.69, 9.17) is 16.3 Å². The second kappa shape index (κ2) is 13.2. The number of nitrogens with zero attached hydrogens (tertiary/aromatic N) is 2. The maximum Gasteiger partial charge on any atom is 0.339 e. The zero-order valence-electron chi connectivity index (χ0n) is 24.1. The summed E-state index contributed by atoms with van der Waals surface area (Å²) in [6.07, 6.45) is 4.47. The summed E-state index contributed by atoms with van der Waals surface area (Å²) in [7, 11) is 0. The van der Waals surface area contributed by atoms with Crippen LogP contribution in [0.25, 0.3) is 16.5 Å². The normalized spacial score (nSPS) is 17.9. The highest BCUT2D eigenvalue weighted by Crippen LogP contribution is 2.35. The lowest BCUT2D eigenvalue weighted by Gasteiger charge is -2.39. The van der Waals surface area contributed by atoms with Gasteiger partial charge in [-0.2, -0.15) is 0 Å². The van der Waals surface area contributed by atoms with Crippen LogP contribution in [-0.4, -0.2) is 78.0 Å². The van der Waals surface area contributed by atoms with E-state index >= 15 is 0 Å². The van der Waals surface area contributed by atoms with Crippen LogP contribution in [0.3, 0.4) is 0 Å². The predicted octanol–water partition coefficient (Wildman–Crippen LogP) is 6.02. The maximum absolute atomic E-state index is 12.0. The Balaban J connectivity index is 1.19. The van der Waals surface area contributed by atoms with Gasteiger partial charge < -0.3 is 30.2 Å². The highest BCUT2D eigenvalue weighted by molar-refractivity contribution is 6.30. The monoisotopic (exact) mass is 600 g/mol. The number of ether oxygens (including phenoxy) is 1. The molecular formula is C34H37ClN4O4. The number of nitrogens with one attached hydrogen (secondary N) is 2. The van der Waals surface area contributed by atoms with Gasteiger partial charge in [-0.15, -0.1) is 0 Å². The molecule has 3 heterocycles. The summed E-state index contributed by atoms with van der Waals surface area (Å²) >= 11 is 6.19. The molecule has 3 aromatic carbocycles. The van der Waals surface area contributed by atoms with Crippen molar-refractivity contribution in [3.8, 4) is 11.5 Å². The first-order valence-electron chi connectivity index (χ1n) is 14.9. The number of piperazine rings is 1. The molecule has 0 aliphatic carbocycles. The number of aliphatic hydroxyl groups is 1. The number of aliphatic hydroxyl groups excluding tert-OH is 1. The summed E-state index contributed by atoms with van der Waals surface area (Å²) in [5, 5.41) is 24.7. The number of anilines is 1. The molecule has 6 rings (SSSR count). The van der Waals surface area contributed by atoms with E-state index in [0.29, 0.717) is 11.5 Å². The molecule has 0 radical (unpaired) electrons. The van der Waals surface area contributed by atoms with Gasteiger partial charge in [-0.3, -0.25) is 4.90 Å². The number of halogens is 1. The van der Waals surface area contributed by atoms with Gasteiger partial charge in [0.25, 0.3) is 0 Å². The van der Waals surface area contributed by atoms with E-state index in [-0.39, 0.29) is 18.2 Å². The number of hydrogen-bond donors (Lipinski definition) is 4. The van der Waals surface area contributed by atoms with E-state index in [0.717, 1.165) is 80.1 Å². The van der Waals surface area contributed by atoms with Crippen molar-refractivity contribution in [3.63, 3.8) is 0 Å². The molecule has 1 saturated heterocycles. The van der Waals surface area contributed by atoms with Crippen molar-refractivity contribution >= 4 is 39.7 Å². The van der Waals surface area contributed by atoms with Crippen molar-refractivity contribution in [3.05, 3.63) is 94.6 Å². The lowest BCUT2D eigenvalue weighted by atomic mass is 9.87. The van der Waals surface area contributed by atoms with Crippen molar-refractivity contribution < 1.29 is 19.7 Å². The summed E-state index contributed by atoms with van der Waals surface area (Å²) in [6.45, 7) is 5.36. The minimum Gasteiger partial charge on any atom is -0.478 e. The van der Waals surface area contributed by atoms with Crippen molar-refractivity contribution in [1.29, 1.82) is 0 Å². The van der Waals surface area contributed by atoms with Crippen LogP contribution in [-0.2, 0) is 0 Å². The predicted molar refractivity (Wildman–Crippen MR) is 172 cm³/mol. The van der Waals surface area contributed by atoms with Crippen LogP contribution in [0, 0.1) is 0 Å². The third kappa shape index (κ3) is 6.58. The smallest absolute Gasteiger partial charge is 0.339 e. The summed E-state index contributed by atoms with van der Waals surface area (Å²) in [6, 6.07) is 21.4. The number of benzene rings is 3. The van der Waals surface area contributed by atoms with E-state index in [2.05, 4.69) is 32.2 Å². The zero-order valence-corrected chi connectivity index (χ0v) is 24.8. The van der Waals surface area contributed by atoms with Crippen LogP contribution in [0.1, 0.15) is 35.2 Å². The molecule has 1 aromatic heterocycles. The first-order chi connectivity index (χ1) is 21.0. The quantitative estimate of drug-likeness (QED) is 0.177. The SMILES string of the molecule is O=C(O)c1ccc(N2CCN(CC3=C(c4ccc(Cl)cc4)CCNC3CCCO)CC2)cc1Oc1cccc2[nH]ccc12. The molecule has 0 amide bonds. The van der Waals surface area contributed by atoms with Gasteiger partial charge in [0.2, 0.25) is 0 Å². The van der Waals surface area contributed by atoms with Gasteiger partial charge in [-0.05, 0) is 85.0 Å². The third-order valence-electron chi connectivity index (χ3n) is 8.52. The van der Waals surface area contributed by atoms with Gasteiger partial charge in [0.05, 0.1) is 0 Å². The number of H-pyrrole nitrogens is 1. The molecule has 0 bridgehead atoms. The zero-order chi connectivity index (χ0) is 29.8. The standard InChI is InChI=1S/C34H37ClN4O4/c35-24-8-6-23(7-9-24)26-12-14-37-31(4-2-20-40)29(26)22-38-16-18-39(19-17-38)25-10-11-28(34(41)42)33(21-25)43-32-5-1-3-30-27(32)13-15-36-30/h1,3,5-11,13,15,21,31,36-37,40H,2,4,12,14,16-20,22H2,(H,41,42). The number of fused-ring (bicyclic) bond motifs is 1. The Labute approximate surface area is 256 Å². The summed E-state index contributed by atoms with van der Waals surface area (Å²) in [5.41, 5.74) is 6.01. The Morgan fingerprint density at radius 2 is 1.81 bits per heavy atom. The highest BCUT2D eigenvalue weighted by atomic mass is 35.5. The molecule has 8 nitrogen and oxygen atoms in total. The second-order valence-electron chi connectivity index (χ2n) is 11.2. The van der Waals surface area contributed by atoms with Crippen molar-refractivity contribution in [2.75, 3.05) is 50.8 Å². The van der Waals surface area contributed by atoms with Crippen LogP contribution in [0.2, 0.25) is 5.02 Å². The topological polar surface area (TPSA) is 101 Å². The summed E-state index contributed by atoms with van der Waals surface area (Å²) in [4.78, 5) is 20.0. The average Bonchev–Trinajstić information content (AvgIpc) is 3.51. The van der Waals surface area contributed by atoms with Crippen molar-refractivity contribution in [1.82, 2.24) is 15.2 Å². The molecule has 43 heavy (non-hydrogen) atoms. The van der Waals surface area contributed by atoms with Gasteiger partial charge in [0.15, 0.2) is 0 Å². The third-order valence-corrected chi connectivity index (χ3v) is 8.77. The number of aromatic amines is 1. The number of aromatic carboxylic acids is 1. The van der Waals surface area contributed by atoms with Crippen molar-refractivity contribution in [2.24, 2.45) is 0 Å². The summed E-state index contributed by atoms with van der Waals surface area (Å²) < 4.78 is 6.22. The molecule has 224 valence electrons. The largest absolute Gasteiger partial charge is 0.478 e. The van der Waals surface area contributed by atoms with E-state index in [1.165, 1.54) is 16.7 Å². The van der Waals surface area contributed by atoms with E-state index in [1.54, 1.807) is 6.07 Å². The average molecular weight is 601 g/mol. The van der Waals surface area contributed by atoms with Gasteiger partial charge in [-0.25, -0.2) is 4.79 Å². The van der Waals surface area contributed by atoms with Crippen LogP contribution in [0.15, 0.2) is 78.5 Å². The fourth-order valence-electron chi connectivity index (χ4n) is 6.26. The highest BCUT2D eigenvalue weighted by Gasteiger charge is 2.27. The Bertz CT molecular complexity index is 1610. The first-order valence-corrected chi connectivity index (χ1v) is 15.3. The van der Waals surface area contributed by atoms with Crippen molar-refractivity contribution in [2.45, 2.75) is 25.3 Å². The van der Waals surface area contributed by atoms with E-state index in [1.807, 2.05) is 54.7 Å². The number of carbonyl (C=O) groups is 1. The molecule has 1 fully saturated rings. The van der Waals surface area contributed by atoms with Crippen LogP contribution in [0.5, 0.6) is 11.5 Å². The lowest BCUT2D eigenvalue weighted by Crippen LogP contribution is -2.49. The summed E-state index contributed by atoms with van der Waals surface area (Å²) in [5.74, 6) is -0.0713. The molecule has 4 aromatic rings. The Kier molecular flexibility index (Phi) is 9.00. The number of rotatable bonds is 10. The van der Waals surface area contributed by atoms with E-state index in [9.17, 15) is 15.0 Å². The Morgan fingerprint density at radius 3 is 2.58 bits per heavy atom. The number of carboxylic acids is 1. The molecule has 0 saturated carbocycles. The van der Waals surface area contributed by atoms with Gasteiger partial charge in [0, 0.05) is 79.2 Å². The molecule has 0 spiro atoms. The molecule has 1 unspecified atom stereocenters. The molecule has 2 aliphatic heterocycles.